The zero-order valence-corrected chi connectivity index (χ0v) is 12.6. The number of ether oxygens (including phenoxy) is 1. The summed E-state index contributed by atoms with van der Waals surface area (Å²) in [5.41, 5.74) is 1.97. The Balaban J connectivity index is 2.41. The van der Waals surface area contributed by atoms with Crippen LogP contribution in [0.3, 0.4) is 0 Å². The first-order valence-corrected chi connectivity index (χ1v) is 7.25. The van der Waals surface area contributed by atoms with Gasteiger partial charge in [-0.25, -0.2) is 4.98 Å². The van der Waals surface area contributed by atoms with E-state index in [0.717, 1.165) is 21.6 Å². The summed E-state index contributed by atoms with van der Waals surface area (Å²) in [6.45, 7) is 2.91. The van der Waals surface area contributed by atoms with Crippen LogP contribution in [0.15, 0.2) is 27.6 Å². The van der Waals surface area contributed by atoms with Crippen molar-refractivity contribution in [2.45, 2.75) is 13.0 Å². The quantitative estimate of drug-likeness (QED) is 0.917. The van der Waals surface area contributed by atoms with Gasteiger partial charge in [0.05, 0.1) is 16.9 Å². The van der Waals surface area contributed by atoms with E-state index in [1.54, 1.807) is 30.8 Å². The van der Waals surface area contributed by atoms with Crippen LogP contribution in [-0.4, -0.2) is 23.6 Å². The minimum absolute atomic E-state index is 0.00111. The van der Waals surface area contributed by atoms with Gasteiger partial charge in [-0.05, 0) is 39.5 Å². The van der Waals surface area contributed by atoms with Crippen LogP contribution in [0.2, 0.25) is 0 Å². The standard InChI is InChI=1S/C12H14BrN3OS/c1-3-14-10(8-6-9(13)18-7-8)11-12(17-2)16-5-4-15-11/h4-7,10,14H,3H2,1-2H3. The maximum absolute atomic E-state index is 5.28. The monoisotopic (exact) mass is 327 g/mol. The molecule has 1 atom stereocenters. The Bertz CT molecular complexity index is 518. The number of hydrogen-bond donors (Lipinski definition) is 1. The topological polar surface area (TPSA) is 47.0 Å². The molecule has 0 bridgehead atoms. The van der Waals surface area contributed by atoms with Gasteiger partial charge in [0.2, 0.25) is 5.88 Å². The molecule has 2 aromatic rings. The van der Waals surface area contributed by atoms with Crippen molar-refractivity contribution >= 4 is 27.3 Å². The second kappa shape index (κ2) is 6.26. The molecular formula is C12H14BrN3OS. The molecule has 1 N–H and O–H groups in total. The Labute approximate surface area is 119 Å². The van der Waals surface area contributed by atoms with E-state index >= 15 is 0 Å². The lowest BCUT2D eigenvalue weighted by Crippen LogP contribution is -2.23. The molecule has 0 spiro atoms. The van der Waals surface area contributed by atoms with Crippen LogP contribution in [0.4, 0.5) is 0 Å². The largest absolute Gasteiger partial charge is 0.480 e. The fraction of sp³-hybridized carbons (Fsp3) is 0.333. The van der Waals surface area contributed by atoms with E-state index in [1.165, 1.54) is 0 Å². The third-order valence-corrected chi connectivity index (χ3v) is 4.01. The number of nitrogens with one attached hydrogen (secondary N) is 1. The van der Waals surface area contributed by atoms with Gasteiger partial charge in [-0.2, -0.15) is 0 Å². The second-order valence-corrected chi connectivity index (χ2v) is 5.92. The van der Waals surface area contributed by atoms with Gasteiger partial charge in [0.1, 0.15) is 5.69 Å². The van der Waals surface area contributed by atoms with Crippen LogP contribution in [-0.2, 0) is 0 Å². The van der Waals surface area contributed by atoms with Crippen molar-refractivity contribution in [1.29, 1.82) is 0 Å². The lowest BCUT2D eigenvalue weighted by atomic mass is 10.1. The molecule has 0 aromatic carbocycles. The van der Waals surface area contributed by atoms with E-state index in [4.69, 9.17) is 4.74 Å². The van der Waals surface area contributed by atoms with Gasteiger partial charge in [-0.15, -0.1) is 11.3 Å². The van der Waals surface area contributed by atoms with Crippen LogP contribution < -0.4 is 10.1 Å². The molecule has 96 valence electrons. The molecular weight excluding hydrogens is 314 g/mol. The third-order valence-electron chi connectivity index (χ3n) is 2.49. The summed E-state index contributed by atoms with van der Waals surface area (Å²) >= 11 is 5.14. The first kappa shape index (κ1) is 13.5. The maximum atomic E-state index is 5.28. The van der Waals surface area contributed by atoms with E-state index in [-0.39, 0.29) is 6.04 Å². The van der Waals surface area contributed by atoms with Gasteiger partial charge < -0.3 is 10.1 Å². The SMILES string of the molecule is CCNC(c1csc(Br)c1)c1nccnc1OC. The van der Waals surface area contributed by atoms with Crippen LogP contribution >= 0.6 is 27.3 Å². The molecule has 18 heavy (non-hydrogen) atoms. The molecule has 0 amide bonds. The van der Waals surface area contributed by atoms with Crippen molar-refractivity contribution in [2.75, 3.05) is 13.7 Å². The number of methoxy groups -OCH3 is 1. The average molecular weight is 328 g/mol. The van der Waals surface area contributed by atoms with Crippen LogP contribution in [0.5, 0.6) is 5.88 Å². The van der Waals surface area contributed by atoms with Gasteiger partial charge >= 0.3 is 0 Å². The van der Waals surface area contributed by atoms with Crippen molar-refractivity contribution in [2.24, 2.45) is 0 Å². The molecule has 0 aliphatic carbocycles. The molecule has 0 fully saturated rings. The predicted molar refractivity (Wildman–Crippen MR) is 76.1 cm³/mol. The van der Waals surface area contributed by atoms with Crippen LogP contribution in [0, 0.1) is 0 Å². The fourth-order valence-electron chi connectivity index (χ4n) is 1.74. The summed E-state index contributed by atoms with van der Waals surface area (Å²) in [6.07, 6.45) is 3.32. The minimum atomic E-state index is 0.00111. The van der Waals surface area contributed by atoms with E-state index < -0.39 is 0 Å². The molecule has 4 nitrogen and oxygen atoms in total. The zero-order chi connectivity index (χ0) is 13.0. The zero-order valence-electron chi connectivity index (χ0n) is 10.2. The molecule has 0 saturated heterocycles. The second-order valence-electron chi connectivity index (χ2n) is 3.63. The van der Waals surface area contributed by atoms with Gasteiger partial charge in [0.25, 0.3) is 0 Å². The number of hydrogen-bond acceptors (Lipinski definition) is 5. The molecule has 0 saturated carbocycles. The average Bonchev–Trinajstić information content (AvgIpc) is 2.82. The molecule has 1 unspecified atom stereocenters. The molecule has 0 aliphatic rings. The van der Waals surface area contributed by atoms with Crippen LogP contribution in [0.25, 0.3) is 0 Å². The highest BCUT2D eigenvalue weighted by molar-refractivity contribution is 9.11. The van der Waals surface area contributed by atoms with E-state index in [0.29, 0.717) is 5.88 Å². The van der Waals surface area contributed by atoms with Crippen molar-refractivity contribution in [1.82, 2.24) is 15.3 Å². The minimum Gasteiger partial charge on any atom is -0.480 e. The Hall–Kier alpha value is -0.980. The Morgan fingerprint density at radius 3 is 2.83 bits per heavy atom. The normalized spacial score (nSPS) is 12.4. The van der Waals surface area contributed by atoms with Gasteiger partial charge in [0.15, 0.2) is 0 Å². The summed E-state index contributed by atoms with van der Waals surface area (Å²) in [5.74, 6) is 0.561. The lowest BCUT2D eigenvalue weighted by molar-refractivity contribution is 0.383. The molecule has 0 radical (unpaired) electrons. The van der Waals surface area contributed by atoms with E-state index in [9.17, 15) is 0 Å². The summed E-state index contributed by atoms with van der Waals surface area (Å²) in [5, 5.41) is 5.51. The van der Waals surface area contributed by atoms with Gasteiger partial charge in [-0.3, -0.25) is 4.98 Å². The Morgan fingerprint density at radius 1 is 1.44 bits per heavy atom. The predicted octanol–water partition coefficient (Wildman–Crippen LogP) is 3.01. The lowest BCUT2D eigenvalue weighted by Gasteiger charge is -2.17. The molecule has 2 aromatic heterocycles. The molecule has 0 aliphatic heterocycles. The van der Waals surface area contributed by atoms with Gasteiger partial charge in [0, 0.05) is 12.4 Å². The highest BCUT2D eigenvalue weighted by Crippen LogP contribution is 2.31. The smallest absolute Gasteiger partial charge is 0.237 e. The maximum Gasteiger partial charge on any atom is 0.237 e. The number of thiophene rings is 1. The van der Waals surface area contributed by atoms with Gasteiger partial charge in [-0.1, -0.05) is 6.92 Å². The number of nitrogens with zero attached hydrogens (tertiary/aromatic N) is 2. The fourth-order valence-corrected chi connectivity index (χ4v) is 2.94. The molecule has 2 heterocycles. The van der Waals surface area contributed by atoms with E-state index in [1.807, 2.05) is 0 Å². The Morgan fingerprint density at radius 2 is 2.22 bits per heavy atom. The van der Waals surface area contributed by atoms with Crippen LogP contribution in [0.1, 0.15) is 24.2 Å². The van der Waals surface area contributed by atoms with E-state index in [2.05, 4.69) is 49.6 Å². The molecule has 6 heteroatoms. The summed E-state index contributed by atoms with van der Waals surface area (Å²) in [7, 11) is 1.61. The first-order valence-electron chi connectivity index (χ1n) is 5.58. The van der Waals surface area contributed by atoms with Crippen molar-refractivity contribution < 1.29 is 4.74 Å². The number of rotatable bonds is 5. The summed E-state index contributed by atoms with van der Waals surface area (Å²) in [4.78, 5) is 8.59. The highest BCUT2D eigenvalue weighted by Gasteiger charge is 2.20. The third kappa shape index (κ3) is 2.88. The number of aromatic nitrogens is 2. The summed E-state index contributed by atoms with van der Waals surface area (Å²) < 4.78 is 6.38. The van der Waals surface area contributed by atoms with Crippen molar-refractivity contribution in [3.8, 4) is 5.88 Å². The van der Waals surface area contributed by atoms with Crippen molar-refractivity contribution in [3.05, 3.63) is 38.9 Å². The molecule has 2 rings (SSSR count). The summed E-state index contributed by atoms with van der Waals surface area (Å²) in [6, 6.07) is 2.09. The van der Waals surface area contributed by atoms with Crippen molar-refractivity contribution in [3.63, 3.8) is 0 Å². The number of halogens is 1. The Kier molecular flexibility index (Phi) is 4.68. The highest BCUT2D eigenvalue weighted by atomic mass is 79.9. The first-order chi connectivity index (χ1) is 8.76.